The Kier molecular flexibility index (Phi) is 2.22. The highest BCUT2D eigenvalue weighted by Crippen LogP contribution is 2.52. The lowest BCUT2D eigenvalue weighted by Gasteiger charge is -2.20. The minimum Gasteiger partial charge on any atom is -0.504 e. The second-order valence-corrected chi connectivity index (χ2v) is 4.20. The van der Waals surface area contributed by atoms with E-state index in [4.69, 9.17) is 0 Å². The van der Waals surface area contributed by atoms with Crippen molar-refractivity contribution in [3.63, 3.8) is 0 Å². The van der Waals surface area contributed by atoms with E-state index in [-0.39, 0.29) is 16.8 Å². The average Bonchev–Trinajstić information content (AvgIpc) is 2.46. The van der Waals surface area contributed by atoms with Crippen molar-refractivity contribution in [3.8, 4) is 34.3 Å². The highest BCUT2D eigenvalue weighted by atomic mass is 16.3. The summed E-state index contributed by atoms with van der Waals surface area (Å²) in [6.07, 6.45) is 1.33. The van der Waals surface area contributed by atoms with Crippen LogP contribution in [0.15, 0.2) is 18.3 Å². The maximum absolute atomic E-state index is 12.0. The summed E-state index contributed by atoms with van der Waals surface area (Å²) in [5, 5.41) is 38.6. The average molecular weight is 273 g/mol. The lowest BCUT2D eigenvalue weighted by atomic mass is 9.85. The Labute approximate surface area is 111 Å². The molecule has 0 unspecified atom stereocenters. The number of phenolic OH excluding ortho intramolecular Hbond substituents is 4. The first-order valence-corrected chi connectivity index (χ1v) is 5.49. The molecule has 1 aromatic heterocycles. The van der Waals surface area contributed by atoms with E-state index in [1.165, 1.54) is 18.3 Å². The number of Topliss-reactive ketones (excluding diaryl/α,β-unsaturated/α-hetero) is 2. The van der Waals surface area contributed by atoms with Crippen LogP contribution in [-0.2, 0) is 0 Å². The van der Waals surface area contributed by atoms with E-state index in [2.05, 4.69) is 4.98 Å². The van der Waals surface area contributed by atoms with E-state index in [1.54, 1.807) is 0 Å². The standard InChI is InChI=1S/C13H7NO6/c15-8-4-2-1-3-14-7(4)5-6(10(8)17)11(18)13(20)12(19)9(5)16/h1-3,16,18-20H. The van der Waals surface area contributed by atoms with E-state index < -0.39 is 40.1 Å². The number of aromatic hydroxyl groups is 4. The van der Waals surface area contributed by atoms with Crippen LogP contribution in [0.2, 0.25) is 0 Å². The van der Waals surface area contributed by atoms with Crippen LogP contribution < -0.4 is 0 Å². The fraction of sp³-hybridized carbons (Fsp3) is 0. The minimum absolute atomic E-state index is 0.0461. The highest BCUT2D eigenvalue weighted by molar-refractivity contribution is 6.53. The zero-order valence-electron chi connectivity index (χ0n) is 9.78. The molecule has 3 rings (SSSR count). The molecule has 1 aliphatic rings. The van der Waals surface area contributed by atoms with Crippen molar-refractivity contribution in [2.24, 2.45) is 0 Å². The SMILES string of the molecule is O=C1C(=O)c2c(O)c(O)c(O)c(O)c2-c2ncccc21. The van der Waals surface area contributed by atoms with Crippen molar-refractivity contribution in [1.82, 2.24) is 4.98 Å². The normalized spacial score (nSPS) is 13.0. The maximum Gasteiger partial charge on any atom is 0.238 e. The van der Waals surface area contributed by atoms with E-state index in [1.807, 2.05) is 0 Å². The Hall–Kier alpha value is -3.09. The molecule has 0 radical (unpaired) electrons. The van der Waals surface area contributed by atoms with Gasteiger partial charge in [-0.2, -0.15) is 0 Å². The van der Waals surface area contributed by atoms with Crippen LogP contribution in [0.25, 0.3) is 11.3 Å². The molecule has 0 fully saturated rings. The van der Waals surface area contributed by atoms with Gasteiger partial charge < -0.3 is 20.4 Å². The molecule has 0 saturated carbocycles. The molecule has 0 saturated heterocycles. The molecular weight excluding hydrogens is 266 g/mol. The molecule has 20 heavy (non-hydrogen) atoms. The first-order valence-electron chi connectivity index (χ1n) is 5.49. The van der Waals surface area contributed by atoms with Crippen molar-refractivity contribution in [2.75, 3.05) is 0 Å². The van der Waals surface area contributed by atoms with Crippen LogP contribution in [0.1, 0.15) is 20.7 Å². The third-order valence-electron chi connectivity index (χ3n) is 3.12. The van der Waals surface area contributed by atoms with Gasteiger partial charge in [-0.25, -0.2) is 0 Å². The number of nitrogens with zero attached hydrogens (tertiary/aromatic N) is 1. The van der Waals surface area contributed by atoms with Gasteiger partial charge in [-0.1, -0.05) is 0 Å². The van der Waals surface area contributed by atoms with Crippen molar-refractivity contribution in [2.45, 2.75) is 0 Å². The molecule has 0 spiro atoms. The second kappa shape index (κ2) is 3.70. The zero-order valence-corrected chi connectivity index (χ0v) is 9.78. The Morgan fingerprint density at radius 3 is 2.05 bits per heavy atom. The topological polar surface area (TPSA) is 128 Å². The summed E-state index contributed by atoms with van der Waals surface area (Å²) in [7, 11) is 0. The van der Waals surface area contributed by atoms with Gasteiger partial charge in [0.25, 0.3) is 0 Å². The quantitative estimate of drug-likeness (QED) is 0.319. The number of hydrogen-bond acceptors (Lipinski definition) is 7. The Morgan fingerprint density at radius 1 is 0.800 bits per heavy atom. The number of phenols is 4. The molecule has 1 heterocycles. The lowest BCUT2D eigenvalue weighted by Crippen LogP contribution is -2.22. The van der Waals surface area contributed by atoms with E-state index in [9.17, 15) is 30.0 Å². The Bertz CT molecular complexity index is 796. The van der Waals surface area contributed by atoms with Crippen LogP contribution in [-0.4, -0.2) is 37.0 Å². The fourth-order valence-electron chi connectivity index (χ4n) is 2.17. The van der Waals surface area contributed by atoms with Crippen molar-refractivity contribution < 1.29 is 30.0 Å². The molecule has 100 valence electrons. The predicted octanol–water partition coefficient (Wildman–Crippen LogP) is 0.950. The highest BCUT2D eigenvalue weighted by Gasteiger charge is 2.38. The molecule has 2 aromatic rings. The van der Waals surface area contributed by atoms with Crippen molar-refractivity contribution >= 4 is 11.6 Å². The van der Waals surface area contributed by atoms with E-state index in [0.717, 1.165) is 0 Å². The lowest BCUT2D eigenvalue weighted by molar-refractivity contribution is 0.0812. The predicted molar refractivity (Wildman–Crippen MR) is 65.0 cm³/mol. The molecule has 0 bridgehead atoms. The largest absolute Gasteiger partial charge is 0.504 e. The zero-order chi connectivity index (χ0) is 14.6. The van der Waals surface area contributed by atoms with Crippen LogP contribution in [0.4, 0.5) is 0 Å². The number of carbonyl (C=O) groups is 2. The van der Waals surface area contributed by atoms with E-state index in [0.29, 0.717) is 0 Å². The Morgan fingerprint density at radius 2 is 1.40 bits per heavy atom. The van der Waals surface area contributed by atoms with Crippen LogP contribution in [0.5, 0.6) is 23.0 Å². The summed E-state index contributed by atoms with van der Waals surface area (Å²) in [5.74, 6) is -5.85. The number of aromatic nitrogens is 1. The van der Waals surface area contributed by atoms with Gasteiger partial charge in [-0.15, -0.1) is 0 Å². The number of benzene rings is 1. The first-order chi connectivity index (χ1) is 9.45. The van der Waals surface area contributed by atoms with Gasteiger partial charge >= 0.3 is 0 Å². The molecule has 1 aliphatic carbocycles. The second-order valence-electron chi connectivity index (χ2n) is 4.20. The molecule has 0 amide bonds. The van der Waals surface area contributed by atoms with Crippen LogP contribution >= 0.6 is 0 Å². The number of ketones is 2. The monoisotopic (exact) mass is 273 g/mol. The number of fused-ring (bicyclic) bond motifs is 3. The van der Waals surface area contributed by atoms with E-state index >= 15 is 0 Å². The molecule has 0 aliphatic heterocycles. The molecule has 4 N–H and O–H groups in total. The minimum atomic E-state index is -1.09. The van der Waals surface area contributed by atoms with Crippen molar-refractivity contribution in [1.29, 1.82) is 0 Å². The van der Waals surface area contributed by atoms with Crippen LogP contribution in [0.3, 0.4) is 0 Å². The molecule has 1 aromatic carbocycles. The summed E-state index contributed by atoms with van der Waals surface area (Å²) >= 11 is 0. The third kappa shape index (κ3) is 1.26. The van der Waals surface area contributed by atoms with Gasteiger partial charge in [-0.3, -0.25) is 14.6 Å². The summed E-state index contributed by atoms with van der Waals surface area (Å²) in [5.41, 5.74) is -0.952. The number of rotatable bonds is 0. The number of pyridine rings is 1. The fourth-order valence-corrected chi connectivity index (χ4v) is 2.17. The van der Waals surface area contributed by atoms with Gasteiger partial charge in [-0.05, 0) is 12.1 Å². The number of hydrogen-bond donors (Lipinski definition) is 4. The first kappa shape index (κ1) is 12.0. The smallest absolute Gasteiger partial charge is 0.238 e. The Balaban J connectivity index is 2.54. The summed E-state index contributed by atoms with van der Waals surface area (Å²) < 4.78 is 0. The third-order valence-corrected chi connectivity index (χ3v) is 3.12. The van der Waals surface area contributed by atoms with Gasteiger partial charge in [0.05, 0.1) is 22.4 Å². The summed E-state index contributed by atoms with van der Waals surface area (Å²) in [4.78, 5) is 27.8. The number of carbonyl (C=O) groups excluding carboxylic acids is 2. The van der Waals surface area contributed by atoms with Gasteiger partial charge in [0.15, 0.2) is 11.5 Å². The molecule has 0 atom stereocenters. The molecule has 7 nitrogen and oxygen atoms in total. The summed E-state index contributed by atoms with van der Waals surface area (Å²) in [6.45, 7) is 0. The van der Waals surface area contributed by atoms with Gasteiger partial charge in [0.1, 0.15) is 0 Å². The maximum atomic E-state index is 12.0. The van der Waals surface area contributed by atoms with Crippen LogP contribution in [0, 0.1) is 0 Å². The van der Waals surface area contributed by atoms with Gasteiger partial charge in [0, 0.05) is 6.20 Å². The van der Waals surface area contributed by atoms with Gasteiger partial charge in [0.2, 0.25) is 23.1 Å². The summed E-state index contributed by atoms with van der Waals surface area (Å²) in [6, 6.07) is 2.78. The molecular formula is C13H7NO6. The van der Waals surface area contributed by atoms with Crippen molar-refractivity contribution in [3.05, 3.63) is 29.5 Å². The molecule has 7 heteroatoms.